The number of rotatable bonds is 4. The van der Waals surface area contributed by atoms with E-state index in [0.29, 0.717) is 4.86 Å². The molecule has 2 nitrogen and oxygen atoms in total. The lowest BCUT2D eigenvalue weighted by Gasteiger charge is -2.16. The largest absolute Gasteiger partial charge is 0.481 e. The zero-order valence-electron chi connectivity index (χ0n) is 7.13. The number of carboxylic acid groups (broad SMARTS) is 1. The molecule has 0 aromatic rings. The molecule has 11 heavy (non-hydrogen) atoms. The first-order valence-electron chi connectivity index (χ1n) is 3.74. The van der Waals surface area contributed by atoms with Crippen LogP contribution in [0.4, 0.5) is 0 Å². The summed E-state index contributed by atoms with van der Waals surface area (Å²) in [5.41, 5.74) is 0. The summed E-state index contributed by atoms with van der Waals surface area (Å²) in [6.07, 6.45) is 0.852. The molecule has 0 aromatic carbocycles. The lowest BCUT2D eigenvalue weighted by Crippen LogP contribution is -2.26. The predicted octanol–water partition coefficient (Wildman–Crippen LogP) is 2.12. The lowest BCUT2D eigenvalue weighted by atomic mass is 9.90. The summed E-state index contributed by atoms with van der Waals surface area (Å²) in [5.74, 6) is -1.10. The van der Waals surface area contributed by atoms with Crippen molar-refractivity contribution in [3.63, 3.8) is 0 Å². The number of carboxylic acids is 1. The van der Waals surface area contributed by atoms with Crippen molar-refractivity contribution in [1.29, 1.82) is 0 Å². The molecule has 0 saturated heterocycles. The van der Waals surface area contributed by atoms with Crippen LogP contribution in [0.2, 0.25) is 0 Å². The van der Waals surface area contributed by atoms with Gasteiger partial charge >= 0.3 is 5.97 Å². The van der Waals surface area contributed by atoms with Gasteiger partial charge < -0.3 is 5.11 Å². The van der Waals surface area contributed by atoms with Gasteiger partial charge in [0, 0.05) is 4.86 Å². The first-order chi connectivity index (χ1) is 5.00. The fourth-order valence-electron chi connectivity index (χ4n) is 1.05. The fourth-order valence-corrected chi connectivity index (χ4v) is 1.39. The molecule has 0 heterocycles. The van der Waals surface area contributed by atoms with Gasteiger partial charge in [0.05, 0.1) is 5.92 Å². The van der Waals surface area contributed by atoms with Crippen LogP contribution < -0.4 is 0 Å². The van der Waals surface area contributed by atoms with Gasteiger partial charge in [-0.2, -0.15) is 0 Å². The van der Waals surface area contributed by atoms with Gasteiger partial charge in [-0.05, 0) is 12.8 Å². The number of aliphatic carboxylic acids is 1. The summed E-state index contributed by atoms with van der Waals surface area (Å²) < 4.78 is 0. The van der Waals surface area contributed by atoms with Gasteiger partial charge in [-0.15, -0.1) is 0 Å². The van der Waals surface area contributed by atoms with Crippen molar-refractivity contribution >= 4 is 23.1 Å². The molecule has 0 fully saturated rings. The Morgan fingerprint density at radius 3 is 2.18 bits per heavy atom. The molecule has 64 valence electrons. The van der Waals surface area contributed by atoms with Gasteiger partial charge in [-0.25, -0.2) is 0 Å². The SMILES string of the molecule is CCC(C)C(C(=O)O)C(C)=S. The van der Waals surface area contributed by atoms with E-state index in [9.17, 15) is 4.79 Å². The van der Waals surface area contributed by atoms with Gasteiger partial charge in [-0.3, -0.25) is 4.79 Å². The third-order valence-corrected chi connectivity index (χ3v) is 2.17. The number of thiocarbonyl (C=S) groups is 1. The van der Waals surface area contributed by atoms with E-state index in [1.807, 2.05) is 13.8 Å². The molecule has 0 aliphatic carbocycles. The molecule has 0 bridgehead atoms. The molecule has 0 radical (unpaired) electrons. The van der Waals surface area contributed by atoms with E-state index in [1.165, 1.54) is 0 Å². The van der Waals surface area contributed by atoms with Crippen LogP contribution in [0.3, 0.4) is 0 Å². The Balaban J connectivity index is 4.34. The van der Waals surface area contributed by atoms with Crippen LogP contribution in [-0.2, 0) is 4.79 Å². The van der Waals surface area contributed by atoms with E-state index in [4.69, 9.17) is 17.3 Å². The van der Waals surface area contributed by atoms with Crippen molar-refractivity contribution in [2.45, 2.75) is 27.2 Å². The molecule has 3 heteroatoms. The van der Waals surface area contributed by atoms with Gasteiger partial charge in [0.2, 0.25) is 0 Å². The molecule has 0 amide bonds. The smallest absolute Gasteiger partial charge is 0.311 e. The quantitative estimate of drug-likeness (QED) is 0.663. The second-order valence-electron chi connectivity index (χ2n) is 2.81. The van der Waals surface area contributed by atoms with E-state index in [1.54, 1.807) is 6.92 Å². The molecule has 1 N–H and O–H groups in total. The molecule has 0 aliphatic rings. The standard InChI is InChI=1S/C8H14O2S/c1-4-5(2)7(6(3)11)8(9)10/h5,7H,4H2,1-3H3,(H,9,10). The predicted molar refractivity (Wildman–Crippen MR) is 48.9 cm³/mol. The minimum absolute atomic E-state index is 0.144. The van der Waals surface area contributed by atoms with Crippen molar-refractivity contribution in [2.75, 3.05) is 0 Å². The van der Waals surface area contributed by atoms with E-state index >= 15 is 0 Å². The lowest BCUT2D eigenvalue weighted by molar-refractivity contribution is -0.140. The topological polar surface area (TPSA) is 37.3 Å². The monoisotopic (exact) mass is 174 g/mol. The molecule has 0 spiro atoms. The Hall–Kier alpha value is -0.440. The highest BCUT2D eigenvalue weighted by atomic mass is 32.1. The molecule has 0 aromatic heterocycles. The third kappa shape index (κ3) is 2.97. The van der Waals surface area contributed by atoms with Gasteiger partial charge in [0.25, 0.3) is 0 Å². The highest BCUT2D eigenvalue weighted by Gasteiger charge is 2.24. The van der Waals surface area contributed by atoms with Crippen molar-refractivity contribution in [2.24, 2.45) is 11.8 Å². The van der Waals surface area contributed by atoms with Crippen molar-refractivity contribution in [3.8, 4) is 0 Å². The van der Waals surface area contributed by atoms with Crippen LogP contribution in [-0.4, -0.2) is 15.9 Å². The highest BCUT2D eigenvalue weighted by Crippen LogP contribution is 2.17. The maximum atomic E-state index is 10.7. The summed E-state index contributed by atoms with van der Waals surface area (Å²) in [6.45, 7) is 5.58. The van der Waals surface area contributed by atoms with Crippen LogP contribution in [0, 0.1) is 11.8 Å². The van der Waals surface area contributed by atoms with Crippen molar-refractivity contribution in [3.05, 3.63) is 0 Å². The second-order valence-corrected chi connectivity index (χ2v) is 3.46. The zero-order chi connectivity index (χ0) is 9.02. The van der Waals surface area contributed by atoms with Crippen LogP contribution in [0.25, 0.3) is 0 Å². The second kappa shape index (κ2) is 4.44. The van der Waals surface area contributed by atoms with Gasteiger partial charge in [0.15, 0.2) is 0 Å². The van der Waals surface area contributed by atoms with E-state index < -0.39 is 11.9 Å². The maximum Gasteiger partial charge on any atom is 0.311 e. The maximum absolute atomic E-state index is 10.7. The highest BCUT2D eigenvalue weighted by molar-refractivity contribution is 7.80. The van der Waals surface area contributed by atoms with Gasteiger partial charge in [0.1, 0.15) is 0 Å². The molecular formula is C8H14O2S. The summed E-state index contributed by atoms with van der Waals surface area (Å²) in [7, 11) is 0. The zero-order valence-corrected chi connectivity index (χ0v) is 7.94. The minimum Gasteiger partial charge on any atom is -0.481 e. The van der Waals surface area contributed by atoms with E-state index in [2.05, 4.69) is 0 Å². The molecule has 2 atom stereocenters. The van der Waals surface area contributed by atoms with Crippen LogP contribution in [0.5, 0.6) is 0 Å². The van der Waals surface area contributed by atoms with E-state index in [-0.39, 0.29) is 5.92 Å². The Kier molecular flexibility index (Phi) is 4.26. The average molecular weight is 174 g/mol. The van der Waals surface area contributed by atoms with Crippen molar-refractivity contribution in [1.82, 2.24) is 0 Å². The number of hydrogen-bond donors (Lipinski definition) is 1. The normalized spacial score (nSPS) is 15.5. The Morgan fingerprint density at radius 1 is 1.64 bits per heavy atom. The molecule has 2 unspecified atom stereocenters. The summed E-state index contributed by atoms with van der Waals surface area (Å²) in [5, 5.41) is 8.76. The molecule has 0 aliphatic heterocycles. The number of carbonyl (C=O) groups is 1. The third-order valence-electron chi connectivity index (χ3n) is 1.92. The Bertz CT molecular complexity index is 151. The summed E-state index contributed by atoms with van der Waals surface area (Å²) in [4.78, 5) is 11.2. The average Bonchev–Trinajstić information content (AvgIpc) is 1.85. The Morgan fingerprint density at radius 2 is 2.09 bits per heavy atom. The summed E-state index contributed by atoms with van der Waals surface area (Å²) in [6, 6.07) is 0. The minimum atomic E-state index is -0.799. The number of hydrogen-bond acceptors (Lipinski definition) is 2. The first-order valence-corrected chi connectivity index (χ1v) is 4.14. The molecule has 0 rings (SSSR count). The fraction of sp³-hybridized carbons (Fsp3) is 0.750. The summed E-state index contributed by atoms with van der Waals surface area (Å²) >= 11 is 4.85. The van der Waals surface area contributed by atoms with Crippen LogP contribution >= 0.6 is 12.2 Å². The van der Waals surface area contributed by atoms with Crippen molar-refractivity contribution < 1.29 is 9.90 Å². The molecule has 0 saturated carbocycles. The van der Waals surface area contributed by atoms with Crippen LogP contribution in [0.15, 0.2) is 0 Å². The van der Waals surface area contributed by atoms with E-state index in [0.717, 1.165) is 6.42 Å². The first kappa shape index (κ1) is 10.6. The molecular weight excluding hydrogens is 160 g/mol. The van der Waals surface area contributed by atoms with Gasteiger partial charge in [-0.1, -0.05) is 32.5 Å². The van der Waals surface area contributed by atoms with Crippen LogP contribution in [0.1, 0.15) is 27.2 Å². The Labute approximate surface area is 72.6 Å².